The van der Waals surface area contributed by atoms with Gasteiger partial charge < -0.3 is 14.2 Å². The second-order valence-corrected chi connectivity index (χ2v) is 4.04. The predicted molar refractivity (Wildman–Crippen MR) is 76.5 cm³/mol. The third kappa shape index (κ3) is 3.10. The average molecular weight is 288 g/mol. The molecule has 2 rings (SSSR count). The molecule has 110 valence electrons. The monoisotopic (exact) mass is 288 g/mol. The van der Waals surface area contributed by atoms with Gasteiger partial charge in [0.25, 0.3) is 0 Å². The minimum Gasteiger partial charge on any atom is -0.496 e. The number of hydrogen-bond acceptors (Lipinski definition) is 6. The van der Waals surface area contributed by atoms with E-state index in [4.69, 9.17) is 14.2 Å². The summed E-state index contributed by atoms with van der Waals surface area (Å²) in [5.41, 5.74) is 1.35. The van der Waals surface area contributed by atoms with Crippen LogP contribution in [0.25, 0.3) is 11.3 Å². The van der Waals surface area contributed by atoms with Gasteiger partial charge in [-0.25, -0.2) is 9.78 Å². The number of rotatable bonds is 5. The van der Waals surface area contributed by atoms with Crippen molar-refractivity contribution in [3.05, 3.63) is 36.0 Å². The molecule has 0 aliphatic carbocycles. The van der Waals surface area contributed by atoms with Gasteiger partial charge in [-0.3, -0.25) is 0 Å². The maximum Gasteiger partial charge on any atom is 0.341 e. The standard InChI is InChI=1S/C15H16N2O4/c1-4-21-14(18)11-9-16-15(20-3)17-13(11)10-7-5-6-8-12(10)19-2/h5-9H,4H2,1-3H3. The molecule has 0 saturated heterocycles. The lowest BCUT2D eigenvalue weighted by molar-refractivity contribution is 0.0526. The Hall–Kier alpha value is -2.63. The maximum absolute atomic E-state index is 12.1. The molecule has 0 fully saturated rings. The first-order chi connectivity index (χ1) is 10.2. The van der Waals surface area contributed by atoms with Crippen LogP contribution in [0.1, 0.15) is 17.3 Å². The van der Waals surface area contributed by atoms with E-state index in [2.05, 4.69) is 9.97 Å². The Kier molecular flexibility index (Phi) is 4.71. The van der Waals surface area contributed by atoms with E-state index in [1.807, 2.05) is 18.2 Å². The first kappa shape index (κ1) is 14.8. The summed E-state index contributed by atoms with van der Waals surface area (Å²) in [7, 11) is 3.02. The van der Waals surface area contributed by atoms with Gasteiger partial charge in [-0.2, -0.15) is 4.98 Å². The van der Waals surface area contributed by atoms with Gasteiger partial charge in [-0.05, 0) is 19.1 Å². The lowest BCUT2D eigenvalue weighted by atomic mass is 10.1. The lowest BCUT2D eigenvalue weighted by Gasteiger charge is -2.12. The number of ether oxygens (including phenoxy) is 3. The second-order valence-electron chi connectivity index (χ2n) is 4.04. The van der Waals surface area contributed by atoms with E-state index >= 15 is 0 Å². The number of carbonyl (C=O) groups excluding carboxylic acids is 1. The zero-order valence-corrected chi connectivity index (χ0v) is 12.1. The molecule has 0 aliphatic rings. The summed E-state index contributed by atoms with van der Waals surface area (Å²) in [6.45, 7) is 2.02. The number of hydrogen-bond donors (Lipinski definition) is 0. The van der Waals surface area contributed by atoms with Crippen molar-refractivity contribution in [2.24, 2.45) is 0 Å². The molecule has 21 heavy (non-hydrogen) atoms. The van der Waals surface area contributed by atoms with Crippen LogP contribution in [0.3, 0.4) is 0 Å². The summed E-state index contributed by atoms with van der Waals surface area (Å²) in [4.78, 5) is 20.3. The van der Waals surface area contributed by atoms with Crippen LogP contribution in [0.2, 0.25) is 0 Å². The second kappa shape index (κ2) is 6.69. The molecule has 0 spiro atoms. The molecule has 1 aromatic carbocycles. The van der Waals surface area contributed by atoms with Gasteiger partial charge in [-0.15, -0.1) is 0 Å². The van der Waals surface area contributed by atoms with Crippen LogP contribution in [0.15, 0.2) is 30.5 Å². The Morgan fingerprint density at radius 3 is 2.62 bits per heavy atom. The summed E-state index contributed by atoms with van der Waals surface area (Å²) >= 11 is 0. The van der Waals surface area contributed by atoms with E-state index in [1.165, 1.54) is 13.3 Å². The molecule has 1 heterocycles. The molecule has 2 aromatic rings. The van der Waals surface area contributed by atoms with Crippen LogP contribution in [-0.2, 0) is 4.74 Å². The van der Waals surface area contributed by atoms with Gasteiger partial charge in [0.15, 0.2) is 0 Å². The van der Waals surface area contributed by atoms with Crippen molar-refractivity contribution in [2.45, 2.75) is 6.92 Å². The van der Waals surface area contributed by atoms with Crippen molar-refractivity contribution in [3.8, 4) is 23.0 Å². The molecule has 0 saturated carbocycles. The lowest BCUT2D eigenvalue weighted by Crippen LogP contribution is -2.09. The fourth-order valence-corrected chi connectivity index (χ4v) is 1.87. The van der Waals surface area contributed by atoms with E-state index in [9.17, 15) is 4.79 Å². The molecule has 6 heteroatoms. The van der Waals surface area contributed by atoms with Gasteiger partial charge in [0.2, 0.25) is 0 Å². The Bertz CT molecular complexity index is 643. The highest BCUT2D eigenvalue weighted by molar-refractivity contribution is 5.96. The molecule has 0 N–H and O–H groups in total. The van der Waals surface area contributed by atoms with Gasteiger partial charge in [0.05, 0.1) is 26.5 Å². The number of nitrogens with zero attached hydrogens (tertiary/aromatic N) is 2. The Balaban J connectivity index is 2.61. The summed E-state index contributed by atoms with van der Waals surface area (Å²) in [5.74, 6) is 0.116. The molecule has 0 amide bonds. The number of esters is 1. The van der Waals surface area contributed by atoms with Crippen LogP contribution < -0.4 is 9.47 Å². The molecular formula is C15H16N2O4. The number of carbonyl (C=O) groups is 1. The van der Waals surface area contributed by atoms with E-state index < -0.39 is 5.97 Å². The van der Waals surface area contributed by atoms with Crippen LogP contribution >= 0.6 is 0 Å². The van der Waals surface area contributed by atoms with Crippen LogP contribution in [0.4, 0.5) is 0 Å². The van der Waals surface area contributed by atoms with Crippen LogP contribution in [-0.4, -0.2) is 36.8 Å². The average Bonchev–Trinajstić information content (AvgIpc) is 2.54. The topological polar surface area (TPSA) is 70.5 Å². The smallest absolute Gasteiger partial charge is 0.341 e. The Labute approximate surface area is 122 Å². The van der Waals surface area contributed by atoms with Crippen molar-refractivity contribution in [3.63, 3.8) is 0 Å². The van der Waals surface area contributed by atoms with Gasteiger partial charge in [-0.1, -0.05) is 12.1 Å². The largest absolute Gasteiger partial charge is 0.496 e. The quantitative estimate of drug-likeness (QED) is 0.786. The fraction of sp³-hybridized carbons (Fsp3) is 0.267. The molecule has 6 nitrogen and oxygen atoms in total. The van der Waals surface area contributed by atoms with Crippen molar-refractivity contribution in [1.82, 2.24) is 9.97 Å². The van der Waals surface area contributed by atoms with Gasteiger partial charge >= 0.3 is 12.0 Å². The normalized spacial score (nSPS) is 10.0. The zero-order valence-electron chi connectivity index (χ0n) is 12.1. The van der Waals surface area contributed by atoms with Crippen molar-refractivity contribution in [1.29, 1.82) is 0 Å². The van der Waals surface area contributed by atoms with Gasteiger partial charge in [0.1, 0.15) is 11.3 Å². The van der Waals surface area contributed by atoms with Crippen molar-refractivity contribution >= 4 is 5.97 Å². The molecule has 0 radical (unpaired) electrons. The number of aromatic nitrogens is 2. The van der Waals surface area contributed by atoms with E-state index in [1.54, 1.807) is 20.1 Å². The first-order valence-corrected chi connectivity index (χ1v) is 6.42. The molecule has 1 aromatic heterocycles. The Morgan fingerprint density at radius 2 is 1.95 bits per heavy atom. The number of methoxy groups -OCH3 is 2. The van der Waals surface area contributed by atoms with Crippen molar-refractivity contribution in [2.75, 3.05) is 20.8 Å². The highest BCUT2D eigenvalue weighted by atomic mass is 16.5. The summed E-state index contributed by atoms with van der Waals surface area (Å²) in [6.07, 6.45) is 1.39. The van der Waals surface area contributed by atoms with E-state index in [-0.39, 0.29) is 18.2 Å². The highest BCUT2D eigenvalue weighted by Crippen LogP contribution is 2.31. The molecule has 0 unspecified atom stereocenters. The Morgan fingerprint density at radius 1 is 1.19 bits per heavy atom. The SMILES string of the molecule is CCOC(=O)c1cnc(OC)nc1-c1ccccc1OC. The first-order valence-electron chi connectivity index (χ1n) is 6.42. The third-order valence-corrected chi connectivity index (χ3v) is 2.81. The maximum atomic E-state index is 12.1. The zero-order chi connectivity index (χ0) is 15.2. The summed E-state index contributed by atoms with van der Waals surface area (Å²) < 4.78 is 15.4. The molecule has 0 atom stereocenters. The number of para-hydroxylation sites is 1. The predicted octanol–water partition coefficient (Wildman–Crippen LogP) is 2.34. The fourth-order valence-electron chi connectivity index (χ4n) is 1.87. The van der Waals surface area contributed by atoms with E-state index in [0.29, 0.717) is 17.0 Å². The van der Waals surface area contributed by atoms with Gasteiger partial charge in [0, 0.05) is 11.8 Å². The van der Waals surface area contributed by atoms with E-state index in [0.717, 1.165) is 0 Å². The molecule has 0 bridgehead atoms. The molecule has 0 aliphatic heterocycles. The van der Waals surface area contributed by atoms with Crippen molar-refractivity contribution < 1.29 is 19.0 Å². The van der Waals surface area contributed by atoms with Crippen LogP contribution in [0, 0.1) is 0 Å². The number of benzene rings is 1. The summed E-state index contributed by atoms with van der Waals surface area (Å²) in [5, 5.41) is 0. The third-order valence-electron chi connectivity index (χ3n) is 2.81. The minimum absolute atomic E-state index is 0.170. The minimum atomic E-state index is -0.485. The molecular weight excluding hydrogens is 272 g/mol. The highest BCUT2D eigenvalue weighted by Gasteiger charge is 2.20. The summed E-state index contributed by atoms with van der Waals surface area (Å²) in [6, 6.07) is 7.44. The van der Waals surface area contributed by atoms with Crippen LogP contribution in [0.5, 0.6) is 11.8 Å².